The minimum Gasteiger partial charge on any atom is -0.299 e. The summed E-state index contributed by atoms with van der Waals surface area (Å²) in [4.78, 5) is 15.6. The van der Waals surface area contributed by atoms with Crippen molar-refractivity contribution in [1.82, 2.24) is 0 Å². The number of hydrogen-bond donors (Lipinski definition) is 1. The van der Waals surface area contributed by atoms with E-state index < -0.39 is 26.7 Å². The van der Waals surface area contributed by atoms with Crippen molar-refractivity contribution in [2.75, 3.05) is 5.75 Å². The maximum Gasteiger partial charge on any atom is 0.265 e. The third kappa shape index (κ3) is 3.90. The molecule has 0 amide bonds. The molecule has 0 saturated heterocycles. The fraction of sp³-hybridized carbons (Fsp3) is 0.393. The Kier molecular flexibility index (Phi) is 5.90. The van der Waals surface area contributed by atoms with E-state index in [2.05, 4.69) is 72.8 Å². The van der Waals surface area contributed by atoms with Crippen molar-refractivity contribution in [3.05, 3.63) is 84.5 Å². The van der Waals surface area contributed by atoms with Crippen molar-refractivity contribution in [1.29, 1.82) is 0 Å². The first-order valence-electron chi connectivity index (χ1n) is 11.8. The number of fused-ring (bicyclic) bond motifs is 2. The van der Waals surface area contributed by atoms with Gasteiger partial charge in [0, 0.05) is 12.8 Å². The van der Waals surface area contributed by atoms with Crippen LogP contribution in [0.1, 0.15) is 44.6 Å². The first-order valence-corrected chi connectivity index (χ1v) is 14.7. The fourth-order valence-electron chi connectivity index (χ4n) is 6.56. The maximum atomic E-state index is 13.0. The molecule has 5 rings (SSSR count). The van der Waals surface area contributed by atoms with Crippen molar-refractivity contribution < 1.29 is 17.8 Å². The molecule has 34 heavy (non-hydrogen) atoms. The average Bonchev–Trinajstić information content (AvgIpc) is 3.12. The molecule has 0 aromatic heterocycles. The molecule has 0 aliphatic heterocycles. The Bertz CT molecular complexity index is 1260. The number of benzene rings is 2. The van der Waals surface area contributed by atoms with Crippen LogP contribution in [-0.4, -0.2) is 29.8 Å². The minimum atomic E-state index is -4.27. The van der Waals surface area contributed by atoms with Gasteiger partial charge in [0.05, 0.1) is 22.1 Å². The van der Waals surface area contributed by atoms with Crippen LogP contribution in [0.3, 0.4) is 0 Å². The molecule has 2 bridgehead atoms. The number of hydrogen-bond acceptors (Lipinski definition) is 3. The van der Waals surface area contributed by atoms with Gasteiger partial charge in [0.1, 0.15) is 5.78 Å². The highest BCUT2D eigenvalue weighted by Gasteiger charge is 2.69. The lowest BCUT2D eigenvalue weighted by Gasteiger charge is -2.35. The van der Waals surface area contributed by atoms with Crippen LogP contribution in [0.25, 0.3) is 0 Å². The SMILES string of the molecule is CC1(C)C2CC(=O)C1(CS(=O)(=O)O)CC2c1cccc([S+](c2ccccc2)C2C=CC=CC2)c1. The van der Waals surface area contributed by atoms with Gasteiger partial charge in [-0.2, -0.15) is 8.42 Å². The Labute approximate surface area is 205 Å². The summed E-state index contributed by atoms with van der Waals surface area (Å²) in [5, 5.41) is 0.381. The summed E-state index contributed by atoms with van der Waals surface area (Å²) in [6, 6.07) is 19.3. The van der Waals surface area contributed by atoms with Crippen LogP contribution in [0, 0.1) is 16.7 Å². The summed E-state index contributed by atoms with van der Waals surface area (Å²) >= 11 is 0. The van der Waals surface area contributed by atoms with Crippen molar-refractivity contribution in [2.24, 2.45) is 16.7 Å². The van der Waals surface area contributed by atoms with E-state index in [1.807, 2.05) is 19.9 Å². The van der Waals surface area contributed by atoms with Gasteiger partial charge in [-0.15, -0.1) is 0 Å². The van der Waals surface area contributed by atoms with Gasteiger partial charge in [0.25, 0.3) is 10.1 Å². The highest BCUT2D eigenvalue weighted by Crippen LogP contribution is 2.69. The highest BCUT2D eigenvalue weighted by molar-refractivity contribution is 7.97. The molecular weight excluding hydrogens is 464 g/mol. The lowest BCUT2D eigenvalue weighted by atomic mass is 9.70. The number of ketones is 1. The zero-order valence-corrected chi connectivity index (χ0v) is 21.2. The van der Waals surface area contributed by atoms with Gasteiger partial charge in [-0.1, -0.05) is 62.4 Å². The molecule has 2 aromatic rings. The molecule has 5 unspecified atom stereocenters. The van der Waals surface area contributed by atoms with E-state index in [0.717, 1.165) is 6.42 Å². The fourth-order valence-corrected chi connectivity index (χ4v) is 10.3. The summed E-state index contributed by atoms with van der Waals surface area (Å²) < 4.78 is 33.5. The third-order valence-electron chi connectivity index (χ3n) is 8.36. The molecule has 2 fully saturated rings. The van der Waals surface area contributed by atoms with Crippen molar-refractivity contribution in [3.8, 4) is 0 Å². The second-order valence-electron chi connectivity index (χ2n) is 10.4. The average molecular weight is 496 g/mol. The van der Waals surface area contributed by atoms with E-state index in [-0.39, 0.29) is 28.5 Å². The number of carbonyl (C=O) groups excluding carboxylic acids is 1. The molecule has 2 saturated carbocycles. The van der Waals surface area contributed by atoms with Crippen LogP contribution in [0.5, 0.6) is 0 Å². The molecule has 0 spiro atoms. The summed E-state index contributed by atoms with van der Waals surface area (Å²) in [6.07, 6.45) is 10.6. The van der Waals surface area contributed by atoms with E-state index in [0.29, 0.717) is 18.1 Å². The molecule has 2 aromatic carbocycles. The normalized spacial score (nSPS) is 30.6. The largest absolute Gasteiger partial charge is 0.299 e. The van der Waals surface area contributed by atoms with Crippen LogP contribution in [0.2, 0.25) is 0 Å². The highest BCUT2D eigenvalue weighted by atomic mass is 32.2. The summed E-state index contributed by atoms with van der Waals surface area (Å²) in [7, 11) is -4.41. The van der Waals surface area contributed by atoms with Gasteiger partial charge in [0.15, 0.2) is 15.0 Å². The van der Waals surface area contributed by atoms with Crippen LogP contribution in [-0.2, 0) is 25.8 Å². The lowest BCUT2D eigenvalue weighted by Crippen LogP contribution is -2.42. The Morgan fingerprint density at radius 3 is 2.44 bits per heavy atom. The number of carbonyl (C=O) groups is 1. The van der Waals surface area contributed by atoms with E-state index in [1.165, 1.54) is 15.4 Å². The zero-order valence-electron chi connectivity index (χ0n) is 19.6. The summed E-state index contributed by atoms with van der Waals surface area (Å²) in [6.45, 7) is 4.01. The second-order valence-corrected chi connectivity index (χ2v) is 14.1. The molecule has 4 nitrogen and oxygen atoms in total. The van der Waals surface area contributed by atoms with Gasteiger partial charge in [0.2, 0.25) is 0 Å². The van der Waals surface area contributed by atoms with Crippen molar-refractivity contribution in [3.63, 3.8) is 0 Å². The Balaban J connectivity index is 1.54. The topological polar surface area (TPSA) is 71.4 Å². The van der Waals surface area contributed by atoms with Crippen molar-refractivity contribution >= 4 is 26.8 Å². The quantitative estimate of drug-likeness (QED) is 0.419. The molecule has 178 valence electrons. The van der Waals surface area contributed by atoms with Crippen LogP contribution in [0.15, 0.2) is 88.7 Å². The van der Waals surface area contributed by atoms with E-state index in [9.17, 15) is 17.8 Å². The number of allylic oxidation sites excluding steroid dienone is 3. The predicted molar refractivity (Wildman–Crippen MR) is 137 cm³/mol. The standard InChI is InChI=1S/C28H30O4S2/c1-27(2)25-17-26(29)28(27,19-34(30,31)32)18-24(25)20-10-9-15-23(16-20)33(21-11-5-3-6-12-21)22-13-7-4-8-14-22/h3-13,15-16,22,24-25H,14,17-19H2,1-2H3/p+1. The van der Waals surface area contributed by atoms with E-state index in [1.54, 1.807) is 0 Å². The van der Waals surface area contributed by atoms with Crippen molar-refractivity contribution in [2.45, 2.75) is 54.1 Å². The molecule has 1 N–H and O–H groups in total. The number of rotatable bonds is 6. The monoisotopic (exact) mass is 495 g/mol. The molecule has 3 aliphatic rings. The molecular formula is C28H31O4S2+. The second kappa shape index (κ2) is 8.51. The molecule has 6 heteroatoms. The third-order valence-corrected chi connectivity index (χ3v) is 11.7. The molecule has 3 aliphatic carbocycles. The molecule has 0 heterocycles. The lowest BCUT2D eigenvalue weighted by molar-refractivity contribution is -0.128. The maximum absolute atomic E-state index is 13.0. The van der Waals surface area contributed by atoms with Gasteiger partial charge in [-0.3, -0.25) is 9.35 Å². The van der Waals surface area contributed by atoms with Crippen LogP contribution >= 0.6 is 0 Å². The first kappa shape index (κ1) is 23.6. The van der Waals surface area contributed by atoms with Gasteiger partial charge >= 0.3 is 0 Å². The summed E-state index contributed by atoms with van der Waals surface area (Å²) in [5.74, 6) is -0.340. The van der Waals surface area contributed by atoms with E-state index >= 15 is 0 Å². The Morgan fingerprint density at radius 1 is 1.03 bits per heavy atom. The number of Topliss-reactive ketones (excluding diaryl/α,β-unsaturated/α-hetero) is 1. The Hall–Kier alpha value is -2.15. The molecule has 5 atom stereocenters. The predicted octanol–water partition coefficient (Wildman–Crippen LogP) is 5.58. The Morgan fingerprint density at radius 2 is 1.76 bits per heavy atom. The van der Waals surface area contributed by atoms with Crippen LogP contribution < -0.4 is 0 Å². The van der Waals surface area contributed by atoms with Crippen LogP contribution in [0.4, 0.5) is 0 Å². The zero-order chi connectivity index (χ0) is 24.1. The first-order chi connectivity index (χ1) is 16.1. The van der Waals surface area contributed by atoms with Gasteiger partial charge in [-0.25, -0.2) is 0 Å². The van der Waals surface area contributed by atoms with Gasteiger partial charge in [-0.05, 0) is 59.6 Å². The minimum absolute atomic E-state index is 0.0179. The smallest absolute Gasteiger partial charge is 0.265 e. The van der Waals surface area contributed by atoms with Gasteiger partial charge < -0.3 is 0 Å². The molecule has 0 radical (unpaired) electrons. The summed E-state index contributed by atoms with van der Waals surface area (Å²) in [5.41, 5.74) is -0.341. The van der Waals surface area contributed by atoms with E-state index in [4.69, 9.17) is 0 Å².